The lowest BCUT2D eigenvalue weighted by atomic mass is 10.3. The van der Waals surface area contributed by atoms with E-state index in [4.69, 9.17) is 9.47 Å². The summed E-state index contributed by atoms with van der Waals surface area (Å²) in [5.41, 5.74) is 0. The van der Waals surface area contributed by atoms with Gasteiger partial charge < -0.3 is 9.47 Å². The highest BCUT2D eigenvalue weighted by molar-refractivity contribution is 6.16. The summed E-state index contributed by atoms with van der Waals surface area (Å²) in [5, 5.41) is 0. The molecule has 6 heteroatoms. The molecule has 0 fully saturated rings. The van der Waals surface area contributed by atoms with Crippen molar-refractivity contribution in [3.8, 4) is 0 Å². The molecule has 0 rings (SSSR count). The number of carbonyl (C=O) groups excluding carboxylic acids is 2. The standard InChI is InChI=1S/C12H20N2O4/c1-5-17-11(15)9(3)13-7-8-14-10(4)12(16)18-6-2/h7-10H,5-6H2,1-4H3. The first-order valence-corrected chi connectivity index (χ1v) is 5.91. The number of nitrogens with zero attached hydrogens (tertiary/aromatic N) is 2. The molecule has 0 aromatic rings. The van der Waals surface area contributed by atoms with E-state index in [1.807, 2.05) is 0 Å². The fourth-order valence-electron chi connectivity index (χ4n) is 0.983. The molecule has 0 bridgehead atoms. The Morgan fingerprint density at radius 1 is 0.944 bits per heavy atom. The van der Waals surface area contributed by atoms with Crippen LogP contribution >= 0.6 is 0 Å². The molecular formula is C12H20N2O4. The van der Waals surface area contributed by atoms with Gasteiger partial charge in [-0.3, -0.25) is 9.98 Å². The third kappa shape index (κ3) is 6.78. The van der Waals surface area contributed by atoms with Gasteiger partial charge in [0, 0.05) is 12.4 Å². The van der Waals surface area contributed by atoms with Gasteiger partial charge in [-0.15, -0.1) is 0 Å². The largest absolute Gasteiger partial charge is 0.464 e. The first-order chi connectivity index (χ1) is 8.52. The fourth-order valence-corrected chi connectivity index (χ4v) is 0.983. The Labute approximate surface area is 107 Å². The maximum atomic E-state index is 11.2. The Kier molecular flexibility index (Phi) is 8.43. The zero-order valence-electron chi connectivity index (χ0n) is 11.3. The molecule has 0 radical (unpaired) electrons. The van der Waals surface area contributed by atoms with Gasteiger partial charge in [0.2, 0.25) is 0 Å². The smallest absolute Gasteiger partial charge is 0.330 e. The van der Waals surface area contributed by atoms with Crippen LogP contribution in [0.3, 0.4) is 0 Å². The summed E-state index contributed by atoms with van der Waals surface area (Å²) in [6.07, 6.45) is 2.74. The van der Waals surface area contributed by atoms with Crippen LogP contribution in [0.1, 0.15) is 27.7 Å². The molecule has 0 heterocycles. The molecular weight excluding hydrogens is 236 g/mol. The molecule has 0 saturated carbocycles. The number of rotatable bonds is 7. The molecule has 18 heavy (non-hydrogen) atoms. The van der Waals surface area contributed by atoms with E-state index in [9.17, 15) is 9.59 Å². The predicted molar refractivity (Wildman–Crippen MR) is 69.2 cm³/mol. The van der Waals surface area contributed by atoms with Crippen molar-refractivity contribution in [2.75, 3.05) is 13.2 Å². The van der Waals surface area contributed by atoms with Crippen LogP contribution in [-0.4, -0.2) is 49.7 Å². The summed E-state index contributed by atoms with van der Waals surface area (Å²) in [6.45, 7) is 7.36. The van der Waals surface area contributed by atoms with Crippen LogP contribution in [-0.2, 0) is 19.1 Å². The maximum absolute atomic E-state index is 11.2. The fraction of sp³-hybridized carbons (Fsp3) is 0.667. The van der Waals surface area contributed by atoms with Gasteiger partial charge in [0.1, 0.15) is 12.1 Å². The van der Waals surface area contributed by atoms with Crippen molar-refractivity contribution >= 4 is 24.4 Å². The van der Waals surface area contributed by atoms with Gasteiger partial charge in [-0.25, -0.2) is 9.59 Å². The van der Waals surface area contributed by atoms with Crippen molar-refractivity contribution in [1.82, 2.24) is 0 Å². The molecule has 0 aromatic carbocycles. The van der Waals surface area contributed by atoms with Crippen molar-refractivity contribution in [1.29, 1.82) is 0 Å². The van der Waals surface area contributed by atoms with Crippen LogP contribution in [0, 0.1) is 0 Å². The molecule has 0 aromatic heterocycles. The van der Waals surface area contributed by atoms with Gasteiger partial charge in [-0.05, 0) is 27.7 Å². The Morgan fingerprint density at radius 2 is 1.28 bits per heavy atom. The van der Waals surface area contributed by atoms with E-state index < -0.39 is 12.1 Å². The Bertz CT molecular complexity index is 294. The lowest BCUT2D eigenvalue weighted by Gasteiger charge is -2.05. The van der Waals surface area contributed by atoms with E-state index in [0.29, 0.717) is 13.2 Å². The highest BCUT2D eigenvalue weighted by Crippen LogP contribution is 1.94. The van der Waals surface area contributed by atoms with Gasteiger partial charge in [0.25, 0.3) is 0 Å². The third-order valence-corrected chi connectivity index (χ3v) is 1.94. The summed E-state index contributed by atoms with van der Waals surface area (Å²) in [6, 6.07) is -1.15. The molecule has 0 N–H and O–H groups in total. The number of ether oxygens (including phenoxy) is 2. The highest BCUT2D eigenvalue weighted by Gasteiger charge is 2.11. The van der Waals surface area contributed by atoms with Gasteiger partial charge in [0.05, 0.1) is 13.2 Å². The Hall–Kier alpha value is -1.72. The van der Waals surface area contributed by atoms with Crippen LogP contribution < -0.4 is 0 Å². The lowest BCUT2D eigenvalue weighted by Crippen LogP contribution is -2.19. The predicted octanol–water partition coefficient (Wildman–Crippen LogP) is 1.03. The molecule has 0 saturated heterocycles. The van der Waals surface area contributed by atoms with Gasteiger partial charge in [0.15, 0.2) is 0 Å². The SMILES string of the molecule is CCOC(=O)C(C)N=CC=NC(C)C(=O)OCC. The van der Waals surface area contributed by atoms with E-state index in [1.165, 1.54) is 12.4 Å². The van der Waals surface area contributed by atoms with Crippen LogP contribution in [0.15, 0.2) is 9.98 Å². The van der Waals surface area contributed by atoms with Gasteiger partial charge in [-0.2, -0.15) is 0 Å². The molecule has 2 unspecified atom stereocenters. The Balaban J connectivity index is 4.14. The minimum Gasteiger partial charge on any atom is -0.464 e. The highest BCUT2D eigenvalue weighted by atomic mass is 16.5. The van der Waals surface area contributed by atoms with Gasteiger partial charge >= 0.3 is 11.9 Å². The zero-order valence-corrected chi connectivity index (χ0v) is 11.3. The first kappa shape index (κ1) is 16.3. The number of carbonyl (C=O) groups is 2. The van der Waals surface area contributed by atoms with Crippen molar-refractivity contribution in [2.24, 2.45) is 9.98 Å². The summed E-state index contributed by atoms with van der Waals surface area (Å²) >= 11 is 0. The second-order valence-corrected chi connectivity index (χ2v) is 3.45. The summed E-state index contributed by atoms with van der Waals surface area (Å²) < 4.78 is 9.56. The average molecular weight is 256 g/mol. The maximum Gasteiger partial charge on any atom is 0.330 e. The molecule has 0 spiro atoms. The number of hydrogen-bond acceptors (Lipinski definition) is 6. The number of hydrogen-bond donors (Lipinski definition) is 0. The third-order valence-electron chi connectivity index (χ3n) is 1.94. The molecule has 6 nitrogen and oxygen atoms in total. The van der Waals surface area contributed by atoms with Crippen LogP contribution in [0.25, 0.3) is 0 Å². The second-order valence-electron chi connectivity index (χ2n) is 3.45. The number of aliphatic imine (C=N–C) groups is 2. The number of esters is 2. The molecule has 2 atom stereocenters. The second kappa shape index (κ2) is 9.32. The average Bonchev–Trinajstić information content (AvgIpc) is 2.34. The summed E-state index contributed by atoms with van der Waals surface area (Å²) in [4.78, 5) is 30.3. The van der Waals surface area contributed by atoms with Crippen molar-refractivity contribution in [3.05, 3.63) is 0 Å². The molecule has 0 amide bonds. The summed E-state index contributed by atoms with van der Waals surface area (Å²) in [7, 11) is 0. The Morgan fingerprint density at radius 3 is 1.56 bits per heavy atom. The first-order valence-electron chi connectivity index (χ1n) is 5.91. The molecule has 102 valence electrons. The molecule has 0 aliphatic rings. The van der Waals surface area contributed by atoms with Gasteiger partial charge in [-0.1, -0.05) is 0 Å². The van der Waals surface area contributed by atoms with Crippen LogP contribution in [0.5, 0.6) is 0 Å². The van der Waals surface area contributed by atoms with E-state index in [1.54, 1.807) is 27.7 Å². The zero-order chi connectivity index (χ0) is 14.0. The molecule has 0 aliphatic heterocycles. The van der Waals surface area contributed by atoms with Crippen molar-refractivity contribution in [2.45, 2.75) is 39.8 Å². The molecule has 0 aliphatic carbocycles. The lowest BCUT2D eigenvalue weighted by molar-refractivity contribution is -0.145. The normalized spacial score (nSPS) is 14.7. The van der Waals surface area contributed by atoms with Crippen molar-refractivity contribution in [3.63, 3.8) is 0 Å². The summed E-state index contributed by atoms with van der Waals surface area (Å²) in [5.74, 6) is -0.777. The van der Waals surface area contributed by atoms with E-state index in [2.05, 4.69) is 9.98 Å². The van der Waals surface area contributed by atoms with Crippen LogP contribution in [0.2, 0.25) is 0 Å². The van der Waals surface area contributed by atoms with Crippen molar-refractivity contribution < 1.29 is 19.1 Å². The van der Waals surface area contributed by atoms with E-state index in [-0.39, 0.29) is 11.9 Å². The minimum absolute atomic E-state index is 0.326. The topological polar surface area (TPSA) is 77.3 Å². The van der Waals surface area contributed by atoms with Crippen LogP contribution in [0.4, 0.5) is 0 Å². The van der Waals surface area contributed by atoms with E-state index in [0.717, 1.165) is 0 Å². The monoisotopic (exact) mass is 256 g/mol. The quantitative estimate of drug-likeness (QED) is 0.503. The van der Waals surface area contributed by atoms with E-state index >= 15 is 0 Å². The minimum atomic E-state index is -0.575.